The number of anilines is 2. The lowest BCUT2D eigenvalue weighted by molar-refractivity contribution is 0.222. The molecule has 3 N–H and O–H groups in total. The van der Waals surface area contributed by atoms with Crippen LogP contribution in [0.25, 0.3) is 0 Å². The van der Waals surface area contributed by atoms with Crippen LogP contribution in [-0.4, -0.2) is 46.9 Å². The third-order valence-corrected chi connectivity index (χ3v) is 3.23. The summed E-state index contributed by atoms with van der Waals surface area (Å²) in [5, 5.41) is 15.4. The van der Waals surface area contributed by atoms with E-state index in [9.17, 15) is 5.11 Å². The Bertz CT molecular complexity index is 379. The van der Waals surface area contributed by atoms with Gasteiger partial charge in [-0.25, -0.2) is 0 Å². The Morgan fingerprint density at radius 2 is 2.06 bits per heavy atom. The minimum absolute atomic E-state index is 0.193. The van der Waals surface area contributed by atoms with Crippen LogP contribution in [0.2, 0.25) is 0 Å². The van der Waals surface area contributed by atoms with E-state index in [0.717, 1.165) is 19.3 Å². The van der Waals surface area contributed by atoms with E-state index in [1.807, 2.05) is 0 Å². The largest absolute Gasteiger partial charge is 0.467 e. The quantitative estimate of drug-likeness (QED) is 0.703. The van der Waals surface area contributed by atoms with Crippen molar-refractivity contribution in [1.82, 2.24) is 15.0 Å². The number of nitrogens with one attached hydrogen (secondary N) is 2. The Balaban J connectivity index is 2.12. The molecule has 0 bridgehead atoms. The topological polar surface area (TPSA) is 92.2 Å². The SMILES string of the molecule is CNc1nc(NC2CCCC2CO)nc(OC)n1. The molecule has 7 nitrogen and oxygen atoms in total. The summed E-state index contributed by atoms with van der Waals surface area (Å²) in [6.45, 7) is 0.193. The Morgan fingerprint density at radius 3 is 2.72 bits per heavy atom. The third kappa shape index (κ3) is 2.79. The summed E-state index contributed by atoms with van der Waals surface area (Å²) in [6.07, 6.45) is 3.17. The van der Waals surface area contributed by atoms with E-state index in [1.165, 1.54) is 7.11 Å². The highest BCUT2D eigenvalue weighted by Crippen LogP contribution is 2.27. The molecule has 0 amide bonds. The molecule has 0 aromatic carbocycles. The molecule has 2 unspecified atom stereocenters. The first kappa shape index (κ1) is 12.8. The van der Waals surface area contributed by atoms with Crippen LogP contribution in [0, 0.1) is 5.92 Å². The summed E-state index contributed by atoms with van der Waals surface area (Å²) in [5.41, 5.74) is 0. The van der Waals surface area contributed by atoms with Crippen molar-refractivity contribution in [3.8, 4) is 6.01 Å². The zero-order valence-electron chi connectivity index (χ0n) is 10.7. The Kier molecular flexibility index (Phi) is 4.14. The molecule has 0 radical (unpaired) electrons. The van der Waals surface area contributed by atoms with Crippen molar-refractivity contribution in [2.45, 2.75) is 25.3 Å². The number of nitrogens with zero attached hydrogens (tertiary/aromatic N) is 3. The van der Waals surface area contributed by atoms with Crippen LogP contribution in [0.4, 0.5) is 11.9 Å². The molecule has 0 spiro atoms. The second-order valence-corrected chi connectivity index (χ2v) is 4.34. The second kappa shape index (κ2) is 5.81. The van der Waals surface area contributed by atoms with Gasteiger partial charge in [-0.1, -0.05) is 6.42 Å². The summed E-state index contributed by atoms with van der Waals surface area (Å²) in [5.74, 6) is 1.21. The van der Waals surface area contributed by atoms with Gasteiger partial charge in [0.25, 0.3) is 0 Å². The molecule has 18 heavy (non-hydrogen) atoms. The number of hydrogen-bond acceptors (Lipinski definition) is 7. The van der Waals surface area contributed by atoms with Crippen LogP contribution >= 0.6 is 0 Å². The highest BCUT2D eigenvalue weighted by Gasteiger charge is 2.27. The van der Waals surface area contributed by atoms with Crippen molar-refractivity contribution in [1.29, 1.82) is 0 Å². The molecule has 1 saturated carbocycles. The summed E-state index contributed by atoms with van der Waals surface area (Å²) in [7, 11) is 3.26. The van der Waals surface area contributed by atoms with Crippen LogP contribution in [-0.2, 0) is 0 Å². The summed E-state index contributed by atoms with van der Waals surface area (Å²) >= 11 is 0. The van der Waals surface area contributed by atoms with Crippen LogP contribution in [0.3, 0.4) is 0 Å². The second-order valence-electron chi connectivity index (χ2n) is 4.34. The summed E-state index contributed by atoms with van der Waals surface area (Å²) in [4.78, 5) is 12.4. The van der Waals surface area contributed by atoms with E-state index in [1.54, 1.807) is 7.05 Å². The van der Waals surface area contributed by atoms with Crippen molar-refractivity contribution in [3.63, 3.8) is 0 Å². The van der Waals surface area contributed by atoms with E-state index in [4.69, 9.17) is 4.74 Å². The third-order valence-electron chi connectivity index (χ3n) is 3.23. The van der Waals surface area contributed by atoms with Crippen LogP contribution in [0.1, 0.15) is 19.3 Å². The highest BCUT2D eigenvalue weighted by atomic mass is 16.5. The number of rotatable bonds is 5. The van der Waals surface area contributed by atoms with Crippen molar-refractivity contribution in [2.24, 2.45) is 5.92 Å². The Labute approximate surface area is 106 Å². The fraction of sp³-hybridized carbons (Fsp3) is 0.727. The highest BCUT2D eigenvalue weighted by molar-refractivity contribution is 5.36. The van der Waals surface area contributed by atoms with Gasteiger partial charge in [0.15, 0.2) is 0 Å². The maximum Gasteiger partial charge on any atom is 0.322 e. The van der Waals surface area contributed by atoms with Gasteiger partial charge in [0.1, 0.15) is 0 Å². The van der Waals surface area contributed by atoms with Gasteiger partial charge in [-0.3, -0.25) is 0 Å². The zero-order valence-corrected chi connectivity index (χ0v) is 10.7. The molecule has 1 aliphatic carbocycles. The lowest BCUT2D eigenvalue weighted by Crippen LogP contribution is -2.27. The predicted octanol–water partition coefficient (Wildman–Crippen LogP) is 0.495. The lowest BCUT2D eigenvalue weighted by atomic mass is 10.1. The van der Waals surface area contributed by atoms with Crippen LogP contribution in [0.5, 0.6) is 6.01 Å². The molecule has 100 valence electrons. The van der Waals surface area contributed by atoms with Crippen molar-refractivity contribution >= 4 is 11.9 Å². The van der Waals surface area contributed by atoms with E-state index >= 15 is 0 Å². The molecule has 1 heterocycles. The van der Waals surface area contributed by atoms with Gasteiger partial charge in [-0.05, 0) is 12.8 Å². The number of methoxy groups -OCH3 is 1. The fourth-order valence-corrected chi connectivity index (χ4v) is 2.24. The predicted molar refractivity (Wildman–Crippen MR) is 67.8 cm³/mol. The lowest BCUT2D eigenvalue weighted by Gasteiger charge is -2.19. The smallest absolute Gasteiger partial charge is 0.322 e. The van der Waals surface area contributed by atoms with E-state index < -0.39 is 0 Å². The minimum atomic E-state index is 0.193. The molecule has 1 fully saturated rings. The van der Waals surface area contributed by atoms with E-state index in [0.29, 0.717) is 11.9 Å². The van der Waals surface area contributed by atoms with Crippen molar-refractivity contribution in [3.05, 3.63) is 0 Å². The molecule has 0 aliphatic heterocycles. The van der Waals surface area contributed by atoms with Gasteiger partial charge in [0.05, 0.1) is 7.11 Å². The standard InChI is InChI=1S/C11H19N5O2/c1-12-9-14-10(16-11(15-9)18-2)13-8-5-3-4-7(8)6-17/h7-8,17H,3-6H2,1-2H3,(H2,12,13,14,15,16). The molecule has 7 heteroatoms. The van der Waals surface area contributed by atoms with Gasteiger partial charge < -0.3 is 20.5 Å². The Hall–Kier alpha value is -1.63. The first-order chi connectivity index (χ1) is 8.76. The number of aliphatic hydroxyl groups excluding tert-OH is 1. The van der Waals surface area contributed by atoms with Crippen LogP contribution < -0.4 is 15.4 Å². The molecular weight excluding hydrogens is 234 g/mol. The van der Waals surface area contributed by atoms with Gasteiger partial charge in [0, 0.05) is 25.6 Å². The monoisotopic (exact) mass is 253 g/mol. The van der Waals surface area contributed by atoms with Gasteiger partial charge in [-0.2, -0.15) is 15.0 Å². The van der Waals surface area contributed by atoms with Crippen LogP contribution in [0.15, 0.2) is 0 Å². The number of aliphatic hydroxyl groups is 1. The number of hydrogen-bond donors (Lipinski definition) is 3. The van der Waals surface area contributed by atoms with E-state index in [-0.39, 0.29) is 24.6 Å². The number of ether oxygens (including phenoxy) is 1. The summed E-state index contributed by atoms with van der Waals surface area (Å²) < 4.78 is 5.02. The van der Waals surface area contributed by atoms with E-state index in [2.05, 4.69) is 25.6 Å². The van der Waals surface area contributed by atoms with Crippen molar-refractivity contribution in [2.75, 3.05) is 31.4 Å². The molecule has 0 saturated heterocycles. The maximum atomic E-state index is 9.29. The average Bonchev–Trinajstić information content (AvgIpc) is 2.85. The Morgan fingerprint density at radius 1 is 1.28 bits per heavy atom. The number of aromatic nitrogens is 3. The molecule has 2 atom stereocenters. The normalized spacial score (nSPS) is 22.8. The molecular formula is C11H19N5O2. The van der Waals surface area contributed by atoms with Gasteiger partial charge in [-0.15, -0.1) is 0 Å². The zero-order chi connectivity index (χ0) is 13.0. The van der Waals surface area contributed by atoms with Gasteiger partial charge in [0.2, 0.25) is 11.9 Å². The molecule has 1 aromatic rings. The van der Waals surface area contributed by atoms with Crippen molar-refractivity contribution < 1.29 is 9.84 Å². The molecule has 2 rings (SSSR count). The van der Waals surface area contributed by atoms with Gasteiger partial charge >= 0.3 is 6.01 Å². The summed E-state index contributed by atoms with van der Waals surface area (Å²) in [6, 6.07) is 0.488. The molecule has 1 aliphatic rings. The average molecular weight is 253 g/mol. The maximum absolute atomic E-state index is 9.29. The first-order valence-corrected chi connectivity index (χ1v) is 6.12. The molecule has 1 aromatic heterocycles. The fourth-order valence-electron chi connectivity index (χ4n) is 2.24. The minimum Gasteiger partial charge on any atom is -0.467 e. The first-order valence-electron chi connectivity index (χ1n) is 6.12.